The average Bonchev–Trinajstić information content (AvgIpc) is 2.95. The molecule has 1 unspecified atom stereocenters. The van der Waals surface area contributed by atoms with Gasteiger partial charge in [-0.1, -0.05) is 24.3 Å². The predicted molar refractivity (Wildman–Crippen MR) is 79.9 cm³/mol. The molecule has 0 saturated heterocycles. The number of methoxy groups -OCH3 is 1. The van der Waals surface area contributed by atoms with Crippen LogP contribution in [-0.4, -0.2) is 25.7 Å². The minimum atomic E-state index is -0.117. The fourth-order valence-corrected chi connectivity index (χ4v) is 2.44. The van der Waals surface area contributed by atoms with Crippen molar-refractivity contribution in [1.29, 1.82) is 0 Å². The van der Waals surface area contributed by atoms with Gasteiger partial charge in [0.2, 0.25) is 0 Å². The van der Waals surface area contributed by atoms with Crippen molar-refractivity contribution in [1.82, 2.24) is 5.32 Å². The first-order valence-electron chi connectivity index (χ1n) is 6.93. The van der Waals surface area contributed by atoms with Crippen LogP contribution in [0.25, 0.3) is 0 Å². The van der Waals surface area contributed by atoms with Crippen molar-refractivity contribution in [2.24, 2.45) is 0 Å². The van der Waals surface area contributed by atoms with Gasteiger partial charge >= 0.3 is 0 Å². The highest BCUT2D eigenvalue weighted by Gasteiger charge is 2.22. The van der Waals surface area contributed by atoms with E-state index in [0.29, 0.717) is 17.9 Å². The molecule has 4 nitrogen and oxygen atoms in total. The van der Waals surface area contributed by atoms with Crippen LogP contribution in [0.1, 0.15) is 15.9 Å². The van der Waals surface area contributed by atoms with Crippen LogP contribution in [0.3, 0.4) is 0 Å². The summed E-state index contributed by atoms with van der Waals surface area (Å²) in [5, 5.41) is 2.91. The second-order valence-corrected chi connectivity index (χ2v) is 4.99. The summed E-state index contributed by atoms with van der Waals surface area (Å²) in [7, 11) is 1.58. The predicted octanol–water partition coefficient (Wildman–Crippen LogP) is 2.43. The quantitative estimate of drug-likeness (QED) is 0.937. The van der Waals surface area contributed by atoms with Crippen molar-refractivity contribution in [2.45, 2.75) is 12.5 Å². The van der Waals surface area contributed by atoms with Crippen molar-refractivity contribution in [2.75, 3.05) is 13.7 Å². The summed E-state index contributed by atoms with van der Waals surface area (Å²) in [6.07, 6.45) is 0.825. The Morgan fingerprint density at radius 2 is 2.14 bits per heavy atom. The van der Waals surface area contributed by atoms with E-state index in [-0.39, 0.29) is 12.0 Å². The monoisotopic (exact) mass is 283 g/mol. The van der Waals surface area contributed by atoms with E-state index < -0.39 is 0 Å². The standard InChI is InChI=1S/C17H17NO3/c1-20-14-7-4-6-13(10-14)17(19)18-11-15-9-12-5-2-3-8-16(12)21-15/h2-8,10,15H,9,11H2,1H3,(H,18,19). The molecule has 3 rings (SSSR count). The first kappa shape index (κ1) is 13.5. The maximum atomic E-state index is 12.1. The van der Waals surface area contributed by atoms with Gasteiger partial charge in [0.1, 0.15) is 17.6 Å². The topological polar surface area (TPSA) is 47.6 Å². The van der Waals surface area contributed by atoms with Crippen LogP contribution in [0.15, 0.2) is 48.5 Å². The third-order valence-corrected chi connectivity index (χ3v) is 3.54. The second-order valence-electron chi connectivity index (χ2n) is 4.99. The van der Waals surface area contributed by atoms with Crippen molar-refractivity contribution in [3.05, 3.63) is 59.7 Å². The van der Waals surface area contributed by atoms with Crippen LogP contribution >= 0.6 is 0 Å². The summed E-state index contributed by atoms with van der Waals surface area (Å²) in [5.74, 6) is 1.47. The average molecular weight is 283 g/mol. The fraction of sp³-hybridized carbons (Fsp3) is 0.235. The lowest BCUT2D eigenvalue weighted by atomic mass is 10.1. The zero-order valence-electron chi connectivity index (χ0n) is 11.8. The zero-order valence-corrected chi connectivity index (χ0v) is 11.8. The molecule has 0 saturated carbocycles. The molecule has 2 aromatic carbocycles. The lowest BCUT2D eigenvalue weighted by Gasteiger charge is -2.12. The highest BCUT2D eigenvalue weighted by molar-refractivity contribution is 5.94. The van der Waals surface area contributed by atoms with E-state index in [9.17, 15) is 4.79 Å². The van der Waals surface area contributed by atoms with Crippen LogP contribution in [0.2, 0.25) is 0 Å². The number of carbonyl (C=O) groups is 1. The number of amides is 1. The second kappa shape index (κ2) is 5.87. The highest BCUT2D eigenvalue weighted by Crippen LogP contribution is 2.27. The Balaban J connectivity index is 1.57. The summed E-state index contributed by atoms with van der Waals surface area (Å²) in [5.41, 5.74) is 1.78. The van der Waals surface area contributed by atoms with E-state index in [1.807, 2.05) is 24.3 Å². The van der Waals surface area contributed by atoms with E-state index in [2.05, 4.69) is 11.4 Å². The van der Waals surface area contributed by atoms with E-state index in [1.54, 1.807) is 25.3 Å². The lowest BCUT2D eigenvalue weighted by Crippen LogP contribution is -2.34. The van der Waals surface area contributed by atoms with Crippen molar-refractivity contribution in [3.63, 3.8) is 0 Å². The van der Waals surface area contributed by atoms with Crippen LogP contribution < -0.4 is 14.8 Å². The van der Waals surface area contributed by atoms with Gasteiger partial charge in [0.15, 0.2) is 0 Å². The van der Waals surface area contributed by atoms with E-state index in [0.717, 1.165) is 12.2 Å². The van der Waals surface area contributed by atoms with Crippen molar-refractivity contribution in [3.8, 4) is 11.5 Å². The summed E-state index contributed by atoms with van der Waals surface area (Å²) >= 11 is 0. The minimum absolute atomic E-state index is 0.00282. The molecule has 108 valence electrons. The molecular formula is C17H17NO3. The number of nitrogens with one attached hydrogen (secondary N) is 1. The molecule has 1 amide bonds. The Labute approximate surface area is 123 Å². The Kier molecular flexibility index (Phi) is 3.77. The van der Waals surface area contributed by atoms with Crippen LogP contribution in [0.5, 0.6) is 11.5 Å². The normalized spacial score (nSPS) is 16.0. The Morgan fingerprint density at radius 1 is 1.29 bits per heavy atom. The number of para-hydroxylation sites is 1. The molecular weight excluding hydrogens is 266 g/mol. The smallest absolute Gasteiger partial charge is 0.251 e. The largest absolute Gasteiger partial charge is 0.497 e. The number of carbonyl (C=O) groups excluding carboxylic acids is 1. The van der Waals surface area contributed by atoms with E-state index in [1.165, 1.54) is 5.56 Å². The number of fused-ring (bicyclic) bond motifs is 1. The summed E-state index contributed by atoms with van der Waals surface area (Å²) in [6, 6.07) is 15.1. The molecule has 1 N–H and O–H groups in total. The lowest BCUT2D eigenvalue weighted by molar-refractivity contribution is 0.0933. The maximum Gasteiger partial charge on any atom is 0.251 e. The Hall–Kier alpha value is -2.49. The first-order chi connectivity index (χ1) is 10.3. The molecule has 0 aromatic heterocycles. The highest BCUT2D eigenvalue weighted by atomic mass is 16.5. The summed E-state index contributed by atoms with van der Waals surface area (Å²) in [4.78, 5) is 12.1. The molecule has 1 aliphatic rings. The van der Waals surface area contributed by atoms with Gasteiger partial charge in [-0.3, -0.25) is 4.79 Å². The minimum Gasteiger partial charge on any atom is -0.497 e. The third-order valence-electron chi connectivity index (χ3n) is 3.54. The van der Waals surface area contributed by atoms with Crippen LogP contribution in [0.4, 0.5) is 0 Å². The molecule has 4 heteroatoms. The first-order valence-corrected chi connectivity index (χ1v) is 6.93. The van der Waals surface area contributed by atoms with E-state index in [4.69, 9.17) is 9.47 Å². The van der Waals surface area contributed by atoms with Gasteiger partial charge < -0.3 is 14.8 Å². The number of hydrogen-bond donors (Lipinski definition) is 1. The van der Waals surface area contributed by atoms with Gasteiger partial charge in [0, 0.05) is 12.0 Å². The molecule has 2 aromatic rings. The SMILES string of the molecule is COc1cccc(C(=O)NCC2Cc3ccccc3O2)c1. The Bertz CT molecular complexity index is 629. The number of ether oxygens (including phenoxy) is 2. The van der Waals surface area contributed by atoms with Crippen LogP contribution in [-0.2, 0) is 6.42 Å². The molecule has 1 aliphatic heterocycles. The summed E-state index contributed by atoms with van der Waals surface area (Å²) < 4.78 is 10.9. The fourth-order valence-electron chi connectivity index (χ4n) is 2.44. The van der Waals surface area contributed by atoms with E-state index >= 15 is 0 Å². The van der Waals surface area contributed by atoms with Gasteiger partial charge in [0.05, 0.1) is 13.7 Å². The third kappa shape index (κ3) is 2.99. The van der Waals surface area contributed by atoms with Gasteiger partial charge in [-0.15, -0.1) is 0 Å². The molecule has 0 bridgehead atoms. The van der Waals surface area contributed by atoms with Crippen LogP contribution in [0, 0.1) is 0 Å². The zero-order chi connectivity index (χ0) is 14.7. The van der Waals surface area contributed by atoms with Gasteiger partial charge in [0.25, 0.3) is 5.91 Å². The van der Waals surface area contributed by atoms with Crippen molar-refractivity contribution < 1.29 is 14.3 Å². The molecule has 0 fully saturated rings. The number of rotatable bonds is 4. The summed E-state index contributed by atoms with van der Waals surface area (Å²) in [6.45, 7) is 0.491. The van der Waals surface area contributed by atoms with Gasteiger partial charge in [-0.25, -0.2) is 0 Å². The molecule has 0 aliphatic carbocycles. The molecule has 0 spiro atoms. The molecule has 21 heavy (non-hydrogen) atoms. The van der Waals surface area contributed by atoms with Gasteiger partial charge in [-0.2, -0.15) is 0 Å². The molecule has 0 radical (unpaired) electrons. The number of hydrogen-bond acceptors (Lipinski definition) is 3. The Morgan fingerprint density at radius 3 is 2.95 bits per heavy atom. The molecule has 1 atom stereocenters. The van der Waals surface area contributed by atoms with Crippen molar-refractivity contribution >= 4 is 5.91 Å². The molecule has 1 heterocycles. The number of benzene rings is 2. The van der Waals surface area contributed by atoms with Gasteiger partial charge in [-0.05, 0) is 29.8 Å². The maximum absolute atomic E-state index is 12.1.